The second-order valence-electron chi connectivity index (χ2n) is 6.29. The van der Waals surface area contributed by atoms with E-state index in [0.717, 1.165) is 29.7 Å². The monoisotopic (exact) mass is 264 g/mol. The molecule has 1 aromatic rings. The van der Waals surface area contributed by atoms with Crippen LogP contribution in [0.25, 0.3) is 0 Å². The number of nitrogens with zero attached hydrogens (tertiary/aromatic N) is 3. The molecule has 1 saturated carbocycles. The van der Waals surface area contributed by atoms with Gasteiger partial charge < -0.3 is 10.6 Å². The molecule has 0 radical (unpaired) electrons. The average Bonchev–Trinajstić information content (AvgIpc) is 2.66. The van der Waals surface area contributed by atoms with Crippen LogP contribution in [0, 0.1) is 5.92 Å². The molecule has 19 heavy (non-hydrogen) atoms. The van der Waals surface area contributed by atoms with Gasteiger partial charge in [0.1, 0.15) is 5.82 Å². The first-order chi connectivity index (χ1) is 9.00. The fourth-order valence-electron chi connectivity index (χ4n) is 3.27. The lowest BCUT2D eigenvalue weighted by Crippen LogP contribution is -2.28. The maximum absolute atomic E-state index is 6.29. The minimum Gasteiger partial charge on any atom is -0.394 e. The zero-order valence-corrected chi connectivity index (χ0v) is 12.8. The van der Waals surface area contributed by atoms with Crippen LogP contribution in [-0.4, -0.2) is 23.4 Å². The van der Waals surface area contributed by atoms with Crippen LogP contribution in [0.2, 0.25) is 0 Å². The van der Waals surface area contributed by atoms with Gasteiger partial charge in [0, 0.05) is 20.6 Å². The van der Waals surface area contributed by atoms with E-state index in [2.05, 4.69) is 30.9 Å². The molecule has 4 heteroatoms. The summed E-state index contributed by atoms with van der Waals surface area (Å²) in [6.45, 7) is 5.38. The maximum atomic E-state index is 6.29. The quantitative estimate of drug-likeness (QED) is 0.908. The summed E-state index contributed by atoms with van der Waals surface area (Å²) in [7, 11) is 4.14. The summed E-state index contributed by atoms with van der Waals surface area (Å²) >= 11 is 0. The number of aromatic nitrogens is 2. The summed E-state index contributed by atoms with van der Waals surface area (Å²) in [6.07, 6.45) is 6.90. The Hall–Kier alpha value is -1.19. The third-order valence-electron chi connectivity index (χ3n) is 4.25. The van der Waals surface area contributed by atoms with Gasteiger partial charge in [-0.3, -0.25) is 4.68 Å². The average molecular weight is 264 g/mol. The van der Waals surface area contributed by atoms with E-state index < -0.39 is 0 Å². The van der Waals surface area contributed by atoms with Gasteiger partial charge in [-0.05, 0) is 24.7 Å². The Kier molecular flexibility index (Phi) is 4.38. The van der Waals surface area contributed by atoms with Crippen LogP contribution in [0.5, 0.6) is 0 Å². The van der Waals surface area contributed by atoms with Crippen molar-refractivity contribution in [1.82, 2.24) is 9.78 Å². The maximum Gasteiger partial charge on any atom is 0.150 e. The molecule has 0 spiro atoms. The minimum absolute atomic E-state index is 0.378. The first-order valence-corrected chi connectivity index (χ1v) is 7.54. The minimum atomic E-state index is 0.378. The van der Waals surface area contributed by atoms with Crippen molar-refractivity contribution >= 4 is 11.5 Å². The van der Waals surface area contributed by atoms with E-state index in [1.54, 1.807) is 0 Å². The molecule has 0 atom stereocenters. The fraction of sp³-hybridized carbons (Fsp3) is 0.800. The van der Waals surface area contributed by atoms with Crippen molar-refractivity contribution in [2.75, 3.05) is 24.2 Å². The molecular formula is C15H28N4. The van der Waals surface area contributed by atoms with E-state index in [-0.39, 0.29) is 0 Å². The number of rotatable bonds is 4. The lowest BCUT2D eigenvalue weighted by molar-refractivity contribution is 0.361. The van der Waals surface area contributed by atoms with Gasteiger partial charge in [-0.15, -0.1) is 0 Å². The highest BCUT2D eigenvalue weighted by Crippen LogP contribution is 2.32. The topological polar surface area (TPSA) is 47.1 Å². The van der Waals surface area contributed by atoms with E-state index in [1.807, 2.05) is 11.7 Å². The Labute approximate surface area is 117 Å². The molecule has 1 aliphatic carbocycles. The van der Waals surface area contributed by atoms with Crippen LogP contribution in [-0.2, 0) is 7.05 Å². The van der Waals surface area contributed by atoms with E-state index in [0.29, 0.717) is 5.92 Å². The number of hydrogen-bond donors (Lipinski definition) is 1. The van der Waals surface area contributed by atoms with Gasteiger partial charge in [0.25, 0.3) is 0 Å². The van der Waals surface area contributed by atoms with Crippen molar-refractivity contribution in [3.05, 3.63) is 5.69 Å². The van der Waals surface area contributed by atoms with Gasteiger partial charge in [0.05, 0.1) is 11.4 Å². The molecule has 108 valence electrons. The summed E-state index contributed by atoms with van der Waals surface area (Å²) in [5.74, 6) is 2.27. The van der Waals surface area contributed by atoms with Crippen LogP contribution < -0.4 is 10.6 Å². The normalized spacial score (nSPS) is 17.1. The Morgan fingerprint density at radius 1 is 1.32 bits per heavy atom. The number of anilines is 2. The van der Waals surface area contributed by atoms with Gasteiger partial charge in [0.2, 0.25) is 0 Å². The second-order valence-corrected chi connectivity index (χ2v) is 6.29. The van der Waals surface area contributed by atoms with Crippen molar-refractivity contribution in [3.63, 3.8) is 0 Å². The highest BCUT2D eigenvalue weighted by atomic mass is 15.4. The molecule has 0 bridgehead atoms. The number of aryl methyl sites for hydroxylation is 1. The molecule has 0 unspecified atom stereocenters. The molecule has 0 amide bonds. The summed E-state index contributed by atoms with van der Waals surface area (Å²) in [5.41, 5.74) is 8.16. The van der Waals surface area contributed by atoms with Gasteiger partial charge >= 0.3 is 0 Å². The van der Waals surface area contributed by atoms with Crippen LogP contribution in [0.4, 0.5) is 11.5 Å². The third kappa shape index (κ3) is 3.04. The van der Waals surface area contributed by atoms with Gasteiger partial charge in [-0.1, -0.05) is 33.1 Å². The molecule has 1 aromatic heterocycles. The second kappa shape index (κ2) is 5.85. The van der Waals surface area contributed by atoms with Crippen molar-refractivity contribution in [3.8, 4) is 0 Å². The van der Waals surface area contributed by atoms with Crippen LogP contribution in [0.15, 0.2) is 0 Å². The highest BCUT2D eigenvalue weighted by Gasteiger charge is 2.22. The molecule has 1 heterocycles. The third-order valence-corrected chi connectivity index (χ3v) is 4.25. The van der Waals surface area contributed by atoms with Gasteiger partial charge in [-0.2, -0.15) is 5.10 Å². The smallest absolute Gasteiger partial charge is 0.150 e. The van der Waals surface area contributed by atoms with Crippen molar-refractivity contribution in [1.29, 1.82) is 0 Å². The van der Waals surface area contributed by atoms with Gasteiger partial charge in [-0.25, -0.2) is 0 Å². The number of hydrogen-bond acceptors (Lipinski definition) is 3. The molecule has 0 aromatic carbocycles. The summed E-state index contributed by atoms with van der Waals surface area (Å²) < 4.78 is 1.94. The SMILES string of the molecule is CC(C)c1nn(C)c(N(C)CC2CCCCC2)c1N. The lowest BCUT2D eigenvalue weighted by atomic mass is 9.89. The predicted molar refractivity (Wildman–Crippen MR) is 81.6 cm³/mol. The van der Waals surface area contributed by atoms with Crippen LogP contribution in [0.1, 0.15) is 57.6 Å². The molecule has 4 nitrogen and oxygen atoms in total. The number of nitrogens with two attached hydrogens (primary N) is 1. The molecule has 2 rings (SSSR count). The lowest BCUT2D eigenvalue weighted by Gasteiger charge is -2.28. The van der Waals surface area contributed by atoms with Crippen LogP contribution in [0.3, 0.4) is 0 Å². The first-order valence-electron chi connectivity index (χ1n) is 7.54. The summed E-state index contributed by atoms with van der Waals surface area (Å²) in [5, 5.41) is 4.57. The van der Waals surface area contributed by atoms with Crippen LogP contribution >= 0.6 is 0 Å². The Morgan fingerprint density at radius 3 is 2.47 bits per heavy atom. The van der Waals surface area contributed by atoms with Crippen molar-refractivity contribution in [2.45, 2.75) is 51.9 Å². The molecular weight excluding hydrogens is 236 g/mol. The largest absolute Gasteiger partial charge is 0.394 e. The molecule has 1 aliphatic rings. The predicted octanol–water partition coefficient (Wildman–Crippen LogP) is 3.14. The molecule has 2 N–H and O–H groups in total. The molecule has 0 saturated heterocycles. The zero-order chi connectivity index (χ0) is 14.0. The summed E-state index contributed by atoms with van der Waals surface area (Å²) in [4.78, 5) is 2.30. The number of nitrogen functional groups attached to an aromatic ring is 1. The molecule has 1 fully saturated rings. The Morgan fingerprint density at radius 2 is 1.95 bits per heavy atom. The van der Waals surface area contributed by atoms with E-state index in [4.69, 9.17) is 5.73 Å². The van der Waals surface area contributed by atoms with E-state index in [1.165, 1.54) is 32.1 Å². The first kappa shape index (κ1) is 14.2. The zero-order valence-electron chi connectivity index (χ0n) is 12.8. The van der Waals surface area contributed by atoms with Crippen molar-refractivity contribution < 1.29 is 0 Å². The highest BCUT2D eigenvalue weighted by molar-refractivity contribution is 5.66. The van der Waals surface area contributed by atoms with E-state index >= 15 is 0 Å². The van der Waals surface area contributed by atoms with Crippen molar-refractivity contribution in [2.24, 2.45) is 13.0 Å². The Bertz CT molecular complexity index is 416. The van der Waals surface area contributed by atoms with Gasteiger partial charge in [0.15, 0.2) is 0 Å². The van der Waals surface area contributed by atoms with E-state index in [9.17, 15) is 0 Å². The standard InChI is InChI=1S/C15H28N4/c1-11(2)14-13(16)15(19(4)17-14)18(3)10-12-8-6-5-7-9-12/h11-12H,5-10,16H2,1-4H3. The fourth-order valence-corrected chi connectivity index (χ4v) is 3.27. The Balaban J connectivity index is 2.11. The molecule has 0 aliphatic heterocycles. The summed E-state index contributed by atoms with van der Waals surface area (Å²) in [6, 6.07) is 0.